The van der Waals surface area contributed by atoms with Crippen LogP contribution in [0.4, 0.5) is 23.4 Å². The van der Waals surface area contributed by atoms with Crippen LogP contribution in [0.25, 0.3) is 11.3 Å². The number of rotatable bonds is 7. The lowest BCUT2D eigenvalue weighted by molar-refractivity contribution is -0.0494. The number of alkyl halides is 4. The Balaban J connectivity index is 1.37. The minimum absolute atomic E-state index is 0.0424. The lowest BCUT2D eigenvalue weighted by Crippen LogP contribution is -2.34. The predicted octanol–water partition coefficient (Wildman–Crippen LogP) is 4.93. The number of nitrogens with zero attached hydrogens (tertiary/aromatic N) is 4. The maximum absolute atomic E-state index is 13.6. The first-order valence-corrected chi connectivity index (χ1v) is 11.6. The fraction of sp³-hybridized carbons (Fsp3) is 0.652. The number of nitrogen functional groups attached to an aromatic ring is 1. The number of nitrogens with two attached hydrogens (primary N) is 1. The number of anilines is 1. The molecular formula is C23H29F4N5O. The van der Waals surface area contributed by atoms with Crippen molar-refractivity contribution in [2.75, 3.05) is 18.8 Å². The van der Waals surface area contributed by atoms with Gasteiger partial charge in [-0.15, -0.1) is 0 Å². The normalized spacial score (nSPS) is 29.4. The zero-order chi connectivity index (χ0) is 23.5. The molecule has 2 N–H and O–H groups in total. The lowest BCUT2D eigenvalue weighted by Gasteiger charge is -2.26. The minimum atomic E-state index is -2.99. The zero-order valence-corrected chi connectivity index (χ0v) is 18.7. The Bertz CT molecular complexity index is 1020. The van der Waals surface area contributed by atoms with Gasteiger partial charge in [0.05, 0.1) is 12.2 Å². The summed E-state index contributed by atoms with van der Waals surface area (Å²) in [7, 11) is 0. The van der Waals surface area contributed by atoms with Gasteiger partial charge >= 0.3 is 6.61 Å². The quantitative estimate of drug-likeness (QED) is 0.585. The number of hydrogen-bond acceptors (Lipinski definition) is 5. The van der Waals surface area contributed by atoms with Crippen LogP contribution in [0.1, 0.15) is 57.2 Å². The van der Waals surface area contributed by atoms with Gasteiger partial charge in [0.25, 0.3) is 5.92 Å². The fourth-order valence-corrected chi connectivity index (χ4v) is 5.73. The molecule has 3 atom stereocenters. The molecule has 0 bridgehead atoms. The molecule has 3 unspecified atom stereocenters. The van der Waals surface area contributed by atoms with Gasteiger partial charge in [-0.2, -0.15) is 13.9 Å². The number of hydrogen-bond donors (Lipinski definition) is 1. The van der Waals surface area contributed by atoms with E-state index in [9.17, 15) is 17.6 Å². The van der Waals surface area contributed by atoms with Crippen LogP contribution >= 0.6 is 0 Å². The second-order valence-electron chi connectivity index (χ2n) is 9.70. The molecule has 1 saturated heterocycles. The van der Waals surface area contributed by atoms with E-state index in [2.05, 4.69) is 23.6 Å². The molecule has 0 aromatic carbocycles. The number of pyridine rings is 1. The summed E-state index contributed by atoms with van der Waals surface area (Å²) in [4.78, 5) is 5.96. The van der Waals surface area contributed by atoms with Gasteiger partial charge in [0.15, 0.2) is 11.6 Å². The average molecular weight is 468 g/mol. The van der Waals surface area contributed by atoms with E-state index in [1.807, 2.05) is 15.6 Å². The van der Waals surface area contributed by atoms with Crippen molar-refractivity contribution in [3.63, 3.8) is 0 Å². The van der Waals surface area contributed by atoms with Crippen LogP contribution in [0, 0.1) is 11.8 Å². The van der Waals surface area contributed by atoms with Gasteiger partial charge in [-0.1, -0.05) is 6.92 Å². The summed E-state index contributed by atoms with van der Waals surface area (Å²) in [5.41, 5.74) is 7.99. The van der Waals surface area contributed by atoms with Crippen LogP contribution < -0.4 is 10.5 Å². The van der Waals surface area contributed by atoms with E-state index in [0.717, 1.165) is 25.0 Å². The van der Waals surface area contributed by atoms with Crippen molar-refractivity contribution in [1.82, 2.24) is 19.7 Å². The van der Waals surface area contributed by atoms with Gasteiger partial charge in [-0.05, 0) is 50.2 Å². The van der Waals surface area contributed by atoms with Crippen molar-refractivity contribution < 1.29 is 22.3 Å². The lowest BCUT2D eigenvalue weighted by atomic mass is 10.0. The topological polar surface area (TPSA) is 69.2 Å². The van der Waals surface area contributed by atoms with Crippen LogP contribution in [0.2, 0.25) is 0 Å². The molecule has 0 spiro atoms. The van der Waals surface area contributed by atoms with Gasteiger partial charge in [-0.25, -0.2) is 13.8 Å². The van der Waals surface area contributed by atoms with Crippen LogP contribution in [0.5, 0.6) is 5.75 Å². The van der Waals surface area contributed by atoms with Crippen molar-refractivity contribution in [2.24, 2.45) is 11.8 Å². The third-order valence-corrected chi connectivity index (χ3v) is 7.64. The van der Waals surface area contributed by atoms with Crippen molar-refractivity contribution in [1.29, 1.82) is 0 Å². The molecule has 180 valence electrons. The Morgan fingerprint density at radius 2 is 1.97 bits per heavy atom. The summed E-state index contributed by atoms with van der Waals surface area (Å²) < 4.78 is 59.3. The molecule has 6 nitrogen and oxygen atoms in total. The summed E-state index contributed by atoms with van der Waals surface area (Å²) in [6.07, 6.45) is 4.23. The van der Waals surface area contributed by atoms with Gasteiger partial charge in [0.2, 0.25) is 0 Å². The van der Waals surface area contributed by atoms with Gasteiger partial charge in [-0.3, -0.25) is 9.58 Å². The standard InChI is InChI=1S/C23H29F4N5O/c1-3-12(2)32-18(9-17(30-32)13-6-19(33-22(24)25)21(28)29-10-13)20-15-7-14(8-16(15)20)31-5-4-23(26,27)11-31/h6,9-10,12,14-16,20,22H,3-5,7-8,11H2,1-2H3,(H2,28,29). The third-order valence-electron chi connectivity index (χ3n) is 7.64. The first kappa shape index (κ1) is 22.4. The highest BCUT2D eigenvalue weighted by atomic mass is 19.3. The molecule has 2 aliphatic carbocycles. The summed E-state index contributed by atoms with van der Waals surface area (Å²) >= 11 is 0. The first-order chi connectivity index (χ1) is 15.7. The maximum Gasteiger partial charge on any atom is 0.387 e. The van der Waals surface area contributed by atoms with E-state index in [1.54, 1.807) is 0 Å². The Morgan fingerprint density at radius 3 is 2.58 bits per heavy atom. The number of fused-ring (bicyclic) bond motifs is 1. The first-order valence-electron chi connectivity index (χ1n) is 11.6. The van der Waals surface area contributed by atoms with E-state index in [1.165, 1.54) is 12.3 Å². The second kappa shape index (κ2) is 8.14. The Hall–Kier alpha value is -2.36. The van der Waals surface area contributed by atoms with Crippen LogP contribution in [-0.2, 0) is 0 Å². The van der Waals surface area contributed by atoms with E-state index in [4.69, 9.17) is 10.8 Å². The summed E-state index contributed by atoms with van der Waals surface area (Å²) in [6, 6.07) is 3.85. The number of ether oxygens (including phenoxy) is 1. The molecule has 0 amide bonds. The summed E-state index contributed by atoms with van der Waals surface area (Å²) in [6.45, 7) is 1.55. The molecule has 3 fully saturated rings. The van der Waals surface area contributed by atoms with Gasteiger partial charge in [0.1, 0.15) is 0 Å². The zero-order valence-electron chi connectivity index (χ0n) is 18.7. The molecule has 3 heterocycles. The van der Waals surface area contributed by atoms with Crippen molar-refractivity contribution in [3.8, 4) is 17.0 Å². The van der Waals surface area contributed by atoms with Crippen LogP contribution in [-0.4, -0.2) is 51.3 Å². The fourth-order valence-electron chi connectivity index (χ4n) is 5.73. The average Bonchev–Trinajstić information content (AvgIpc) is 3.17. The molecular weight excluding hydrogens is 438 g/mol. The van der Waals surface area contributed by atoms with Crippen molar-refractivity contribution >= 4 is 5.82 Å². The third kappa shape index (κ3) is 4.18. The molecule has 0 radical (unpaired) electrons. The number of aromatic nitrogens is 3. The monoisotopic (exact) mass is 467 g/mol. The molecule has 5 rings (SSSR count). The van der Waals surface area contributed by atoms with E-state index in [-0.39, 0.29) is 36.6 Å². The van der Waals surface area contributed by atoms with E-state index < -0.39 is 12.5 Å². The number of halogens is 4. The minimum Gasteiger partial charge on any atom is -0.431 e. The Morgan fingerprint density at radius 1 is 1.24 bits per heavy atom. The van der Waals surface area contributed by atoms with Crippen LogP contribution in [0.15, 0.2) is 18.3 Å². The number of likely N-dealkylation sites (tertiary alicyclic amines) is 1. The van der Waals surface area contributed by atoms with Gasteiger partial charge < -0.3 is 10.5 Å². The molecule has 2 saturated carbocycles. The Kier molecular flexibility index (Phi) is 5.54. The molecule has 2 aromatic rings. The highest BCUT2D eigenvalue weighted by Crippen LogP contribution is 2.64. The predicted molar refractivity (Wildman–Crippen MR) is 115 cm³/mol. The second-order valence-corrected chi connectivity index (χ2v) is 9.70. The molecule has 2 aromatic heterocycles. The maximum atomic E-state index is 13.6. The SMILES string of the molecule is CCC(C)n1nc(-c2cnc(N)c(OC(F)F)c2)cc1C1C2CC(N3CCC(F)(F)C3)CC21. The smallest absolute Gasteiger partial charge is 0.387 e. The highest BCUT2D eigenvalue weighted by Gasteiger charge is 2.59. The Labute approximate surface area is 190 Å². The molecule has 33 heavy (non-hydrogen) atoms. The molecule has 3 aliphatic rings. The van der Waals surface area contributed by atoms with Crippen LogP contribution in [0.3, 0.4) is 0 Å². The van der Waals surface area contributed by atoms with E-state index >= 15 is 0 Å². The largest absolute Gasteiger partial charge is 0.431 e. The van der Waals surface area contributed by atoms with Crippen molar-refractivity contribution in [2.45, 2.75) is 70.1 Å². The molecule has 1 aliphatic heterocycles. The van der Waals surface area contributed by atoms with E-state index in [0.29, 0.717) is 35.6 Å². The van der Waals surface area contributed by atoms with Crippen molar-refractivity contribution in [3.05, 3.63) is 24.0 Å². The molecule has 10 heteroatoms. The highest BCUT2D eigenvalue weighted by molar-refractivity contribution is 5.64. The van der Waals surface area contributed by atoms with Gasteiger partial charge in [0, 0.05) is 48.4 Å². The summed E-state index contributed by atoms with van der Waals surface area (Å²) in [5.74, 6) is -1.54. The summed E-state index contributed by atoms with van der Waals surface area (Å²) in [5, 5.41) is 4.79.